The van der Waals surface area contributed by atoms with Crippen molar-refractivity contribution in [3.63, 3.8) is 0 Å². The standard InChI is InChI=1S/C10H16N4O2/c1-3-4-14(2)9-5-8(12-7-13-9)11-6-10(15)16/h5,7H,3-4,6H2,1-2H3,(H,15,16)(H,11,12,13). The highest BCUT2D eigenvalue weighted by atomic mass is 16.4. The van der Waals surface area contributed by atoms with Crippen molar-refractivity contribution < 1.29 is 9.90 Å². The molecule has 1 aromatic heterocycles. The van der Waals surface area contributed by atoms with Crippen LogP contribution in [0.2, 0.25) is 0 Å². The Hall–Kier alpha value is -1.85. The molecule has 88 valence electrons. The van der Waals surface area contributed by atoms with Crippen LogP contribution in [0.15, 0.2) is 12.4 Å². The number of rotatable bonds is 6. The van der Waals surface area contributed by atoms with E-state index in [2.05, 4.69) is 22.2 Å². The first-order chi connectivity index (χ1) is 7.63. The monoisotopic (exact) mass is 224 g/mol. The Bertz CT molecular complexity index is 356. The van der Waals surface area contributed by atoms with Gasteiger partial charge >= 0.3 is 5.97 Å². The predicted molar refractivity (Wildman–Crippen MR) is 61.7 cm³/mol. The van der Waals surface area contributed by atoms with E-state index in [-0.39, 0.29) is 6.54 Å². The van der Waals surface area contributed by atoms with E-state index >= 15 is 0 Å². The van der Waals surface area contributed by atoms with E-state index < -0.39 is 5.97 Å². The number of hydrogen-bond acceptors (Lipinski definition) is 5. The van der Waals surface area contributed by atoms with Gasteiger partial charge < -0.3 is 15.3 Å². The molecule has 0 fully saturated rings. The number of aromatic nitrogens is 2. The topological polar surface area (TPSA) is 78.4 Å². The highest BCUT2D eigenvalue weighted by Gasteiger charge is 2.04. The molecule has 0 amide bonds. The largest absolute Gasteiger partial charge is 0.480 e. The zero-order valence-electron chi connectivity index (χ0n) is 9.47. The van der Waals surface area contributed by atoms with Crippen molar-refractivity contribution in [1.82, 2.24) is 9.97 Å². The lowest BCUT2D eigenvalue weighted by Crippen LogP contribution is -2.20. The molecule has 6 nitrogen and oxygen atoms in total. The molecule has 0 atom stereocenters. The first kappa shape index (κ1) is 12.2. The van der Waals surface area contributed by atoms with Crippen molar-refractivity contribution in [1.29, 1.82) is 0 Å². The molecular formula is C10H16N4O2. The van der Waals surface area contributed by atoms with E-state index in [1.807, 2.05) is 11.9 Å². The van der Waals surface area contributed by atoms with Gasteiger partial charge in [-0.25, -0.2) is 9.97 Å². The minimum Gasteiger partial charge on any atom is -0.480 e. The maximum atomic E-state index is 10.4. The Morgan fingerprint density at radius 1 is 1.56 bits per heavy atom. The van der Waals surface area contributed by atoms with E-state index in [1.54, 1.807) is 6.07 Å². The van der Waals surface area contributed by atoms with Crippen LogP contribution in [0.25, 0.3) is 0 Å². The molecule has 0 unspecified atom stereocenters. The first-order valence-corrected chi connectivity index (χ1v) is 5.12. The molecule has 6 heteroatoms. The molecule has 0 spiro atoms. The predicted octanol–water partition coefficient (Wildman–Crippen LogP) is 0.819. The number of hydrogen-bond donors (Lipinski definition) is 2. The Morgan fingerprint density at radius 2 is 2.31 bits per heavy atom. The maximum Gasteiger partial charge on any atom is 0.322 e. The van der Waals surface area contributed by atoms with Gasteiger partial charge in [0.25, 0.3) is 0 Å². The summed E-state index contributed by atoms with van der Waals surface area (Å²) < 4.78 is 0. The average Bonchev–Trinajstić information content (AvgIpc) is 2.27. The fourth-order valence-electron chi connectivity index (χ4n) is 1.27. The number of carbonyl (C=O) groups is 1. The van der Waals surface area contributed by atoms with Crippen LogP contribution in [0, 0.1) is 0 Å². The fraction of sp³-hybridized carbons (Fsp3) is 0.500. The molecule has 16 heavy (non-hydrogen) atoms. The molecule has 0 bridgehead atoms. The van der Waals surface area contributed by atoms with Crippen LogP contribution in [0.1, 0.15) is 13.3 Å². The minimum absolute atomic E-state index is 0.145. The summed E-state index contributed by atoms with van der Waals surface area (Å²) in [7, 11) is 1.94. The van der Waals surface area contributed by atoms with Crippen LogP contribution >= 0.6 is 0 Å². The smallest absolute Gasteiger partial charge is 0.322 e. The van der Waals surface area contributed by atoms with Crippen molar-refractivity contribution >= 4 is 17.6 Å². The second-order valence-corrected chi connectivity index (χ2v) is 3.43. The Labute approximate surface area is 94.3 Å². The lowest BCUT2D eigenvalue weighted by molar-refractivity contribution is -0.134. The van der Waals surface area contributed by atoms with Crippen LogP contribution < -0.4 is 10.2 Å². The number of carboxylic acids is 1. The van der Waals surface area contributed by atoms with Gasteiger partial charge in [-0.1, -0.05) is 6.92 Å². The van der Waals surface area contributed by atoms with Gasteiger partial charge in [-0.2, -0.15) is 0 Å². The van der Waals surface area contributed by atoms with Gasteiger partial charge in [-0.3, -0.25) is 4.79 Å². The molecular weight excluding hydrogens is 208 g/mol. The molecule has 1 aromatic rings. The molecule has 1 heterocycles. The van der Waals surface area contributed by atoms with Crippen molar-refractivity contribution in [3.8, 4) is 0 Å². The Balaban J connectivity index is 2.66. The molecule has 0 aliphatic heterocycles. The molecule has 0 aliphatic rings. The lowest BCUT2D eigenvalue weighted by Gasteiger charge is -2.17. The zero-order chi connectivity index (χ0) is 12.0. The number of aliphatic carboxylic acids is 1. The third-order valence-corrected chi connectivity index (χ3v) is 2.02. The molecule has 0 saturated carbocycles. The molecule has 0 radical (unpaired) electrons. The SMILES string of the molecule is CCCN(C)c1cc(NCC(=O)O)ncn1. The summed E-state index contributed by atoms with van der Waals surface area (Å²) in [4.78, 5) is 20.4. The van der Waals surface area contributed by atoms with Gasteiger partial charge in [-0.05, 0) is 6.42 Å². The van der Waals surface area contributed by atoms with Crippen molar-refractivity contribution in [2.45, 2.75) is 13.3 Å². The van der Waals surface area contributed by atoms with E-state index in [9.17, 15) is 4.79 Å². The molecule has 2 N–H and O–H groups in total. The van der Waals surface area contributed by atoms with Crippen molar-refractivity contribution in [3.05, 3.63) is 12.4 Å². The Morgan fingerprint density at radius 3 is 2.94 bits per heavy atom. The van der Waals surface area contributed by atoms with Gasteiger partial charge in [0.15, 0.2) is 0 Å². The average molecular weight is 224 g/mol. The summed E-state index contributed by atoms with van der Waals surface area (Å²) in [5, 5.41) is 11.2. The number of anilines is 2. The van der Waals surface area contributed by atoms with Gasteiger partial charge in [0, 0.05) is 19.7 Å². The van der Waals surface area contributed by atoms with Crippen LogP contribution in [-0.4, -0.2) is 41.2 Å². The zero-order valence-corrected chi connectivity index (χ0v) is 9.47. The van der Waals surface area contributed by atoms with Crippen molar-refractivity contribution in [2.24, 2.45) is 0 Å². The second kappa shape index (κ2) is 5.89. The maximum absolute atomic E-state index is 10.4. The molecule has 1 rings (SSSR count). The minimum atomic E-state index is -0.915. The summed E-state index contributed by atoms with van der Waals surface area (Å²) in [6.45, 7) is 2.84. The summed E-state index contributed by atoms with van der Waals surface area (Å²) in [5.74, 6) is 0.391. The highest BCUT2D eigenvalue weighted by Crippen LogP contribution is 2.12. The Kier molecular flexibility index (Phi) is 4.50. The summed E-state index contributed by atoms with van der Waals surface area (Å²) in [5.41, 5.74) is 0. The third kappa shape index (κ3) is 3.72. The van der Waals surface area contributed by atoms with Crippen LogP contribution in [0.3, 0.4) is 0 Å². The van der Waals surface area contributed by atoms with Crippen LogP contribution in [0.5, 0.6) is 0 Å². The first-order valence-electron chi connectivity index (χ1n) is 5.12. The van der Waals surface area contributed by atoms with E-state index in [0.717, 1.165) is 18.8 Å². The van der Waals surface area contributed by atoms with Crippen LogP contribution in [0.4, 0.5) is 11.6 Å². The van der Waals surface area contributed by atoms with Crippen molar-refractivity contribution in [2.75, 3.05) is 30.4 Å². The normalized spacial score (nSPS) is 9.88. The van der Waals surface area contributed by atoms with Gasteiger partial charge in [-0.15, -0.1) is 0 Å². The van der Waals surface area contributed by atoms with Crippen LogP contribution in [-0.2, 0) is 4.79 Å². The van der Waals surface area contributed by atoms with E-state index in [1.165, 1.54) is 6.33 Å². The van der Waals surface area contributed by atoms with E-state index in [0.29, 0.717) is 5.82 Å². The fourth-order valence-corrected chi connectivity index (χ4v) is 1.27. The summed E-state index contributed by atoms with van der Waals surface area (Å²) in [6.07, 6.45) is 2.45. The van der Waals surface area contributed by atoms with Gasteiger partial charge in [0.1, 0.15) is 24.5 Å². The second-order valence-electron chi connectivity index (χ2n) is 3.43. The number of nitrogens with one attached hydrogen (secondary N) is 1. The summed E-state index contributed by atoms with van der Waals surface area (Å²) >= 11 is 0. The third-order valence-electron chi connectivity index (χ3n) is 2.02. The van der Waals surface area contributed by atoms with Gasteiger partial charge in [0.2, 0.25) is 0 Å². The lowest BCUT2D eigenvalue weighted by atomic mass is 10.4. The molecule has 0 aliphatic carbocycles. The van der Waals surface area contributed by atoms with Gasteiger partial charge in [0.05, 0.1) is 0 Å². The quantitative estimate of drug-likeness (QED) is 0.744. The molecule has 0 saturated heterocycles. The summed E-state index contributed by atoms with van der Waals surface area (Å²) in [6, 6.07) is 1.73. The number of carboxylic acid groups (broad SMARTS) is 1. The molecule has 0 aromatic carbocycles. The highest BCUT2D eigenvalue weighted by molar-refractivity contribution is 5.72. The van der Waals surface area contributed by atoms with E-state index in [4.69, 9.17) is 5.11 Å². The number of nitrogens with zero attached hydrogens (tertiary/aromatic N) is 3.